The van der Waals surface area contributed by atoms with E-state index in [2.05, 4.69) is 23.2 Å². The highest BCUT2D eigenvalue weighted by molar-refractivity contribution is 7.10. The predicted molar refractivity (Wildman–Crippen MR) is 115 cm³/mol. The summed E-state index contributed by atoms with van der Waals surface area (Å²) in [6, 6.07) is 6.51. The van der Waals surface area contributed by atoms with Gasteiger partial charge in [0.25, 0.3) is 5.91 Å². The molecule has 32 heavy (non-hydrogen) atoms. The summed E-state index contributed by atoms with van der Waals surface area (Å²) in [5, 5.41) is 10.3. The molecule has 0 N–H and O–H groups in total. The molecular weight excluding hydrogens is 434 g/mol. The van der Waals surface area contributed by atoms with Gasteiger partial charge >= 0.3 is 0 Å². The van der Waals surface area contributed by atoms with Crippen LogP contribution in [0, 0.1) is 11.6 Å². The van der Waals surface area contributed by atoms with Crippen molar-refractivity contribution < 1.29 is 18.1 Å². The number of hydrogen-bond acceptors (Lipinski definition) is 5. The fourth-order valence-electron chi connectivity index (χ4n) is 4.34. The van der Waals surface area contributed by atoms with E-state index < -0.39 is 17.0 Å². The second-order valence-electron chi connectivity index (χ2n) is 8.24. The van der Waals surface area contributed by atoms with Crippen molar-refractivity contribution >= 4 is 17.2 Å². The van der Waals surface area contributed by atoms with Crippen LogP contribution >= 0.6 is 11.3 Å². The van der Waals surface area contributed by atoms with Crippen molar-refractivity contribution in [2.24, 2.45) is 7.05 Å². The highest BCUT2D eigenvalue weighted by Crippen LogP contribution is 2.46. The van der Waals surface area contributed by atoms with Gasteiger partial charge in [-0.05, 0) is 43.0 Å². The molecule has 6 nitrogen and oxygen atoms in total. The van der Waals surface area contributed by atoms with Gasteiger partial charge in [0.05, 0.1) is 17.8 Å². The summed E-state index contributed by atoms with van der Waals surface area (Å²) >= 11 is 1.61. The Morgan fingerprint density at radius 2 is 2.09 bits per heavy atom. The number of rotatable bonds is 3. The lowest BCUT2D eigenvalue weighted by atomic mass is 9.74. The van der Waals surface area contributed by atoms with Crippen LogP contribution in [0.3, 0.4) is 0 Å². The number of benzene rings is 1. The van der Waals surface area contributed by atoms with E-state index in [1.165, 1.54) is 17.7 Å². The minimum atomic E-state index is -0.779. The molecular formula is C23H20F2N4O2S. The smallest absolute Gasteiger partial charge is 0.276 e. The maximum Gasteiger partial charge on any atom is 0.276 e. The van der Waals surface area contributed by atoms with Crippen molar-refractivity contribution in [1.29, 1.82) is 0 Å². The molecule has 1 aliphatic rings. The maximum absolute atomic E-state index is 14.2. The Balaban J connectivity index is 1.51. The normalized spacial score (nSPS) is 20.4. The van der Waals surface area contributed by atoms with Crippen molar-refractivity contribution in [3.63, 3.8) is 0 Å². The largest absolute Gasteiger partial charge is 0.355 e. The minimum absolute atomic E-state index is 0.0467. The van der Waals surface area contributed by atoms with Crippen LogP contribution < -0.4 is 0 Å². The molecule has 9 heteroatoms. The SMILES string of the molecule is C[C@H]1c2sccc2[C@@](C)(c2cnn(C)c2)CN1C(=O)c1cc(-c2ccc(F)cc2F)on1. The highest BCUT2D eigenvalue weighted by atomic mass is 32.1. The Kier molecular flexibility index (Phi) is 4.74. The molecule has 0 aliphatic carbocycles. The topological polar surface area (TPSA) is 64.2 Å². The van der Waals surface area contributed by atoms with Crippen LogP contribution in [0.5, 0.6) is 0 Å². The van der Waals surface area contributed by atoms with Crippen molar-refractivity contribution in [2.45, 2.75) is 25.3 Å². The number of carbonyl (C=O) groups is 1. The summed E-state index contributed by atoms with van der Waals surface area (Å²) in [4.78, 5) is 16.3. The van der Waals surface area contributed by atoms with E-state index >= 15 is 0 Å². The van der Waals surface area contributed by atoms with E-state index in [0.717, 1.165) is 22.6 Å². The summed E-state index contributed by atoms with van der Waals surface area (Å²) in [6.45, 7) is 4.51. The van der Waals surface area contributed by atoms with Crippen LogP contribution in [0.2, 0.25) is 0 Å². The van der Waals surface area contributed by atoms with Gasteiger partial charge in [0.1, 0.15) is 11.6 Å². The van der Waals surface area contributed by atoms with Gasteiger partial charge in [0.2, 0.25) is 0 Å². The molecule has 0 bridgehead atoms. The van der Waals surface area contributed by atoms with Gasteiger partial charge < -0.3 is 9.42 Å². The fraction of sp³-hybridized carbons (Fsp3) is 0.261. The van der Waals surface area contributed by atoms with Crippen molar-refractivity contribution in [3.8, 4) is 11.3 Å². The van der Waals surface area contributed by atoms with Crippen molar-refractivity contribution in [2.75, 3.05) is 6.54 Å². The van der Waals surface area contributed by atoms with Crippen LogP contribution in [0.25, 0.3) is 11.3 Å². The highest BCUT2D eigenvalue weighted by Gasteiger charge is 2.44. The van der Waals surface area contributed by atoms with Crippen LogP contribution in [-0.4, -0.2) is 32.3 Å². The number of fused-ring (bicyclic) bond motifs is 1. The number of carbonyl (C=O) groups excluding carboxylic acids is 1. The first-order valence-electron chi connectivity index (χ1n) is 10.1. The van der Waals surface area contributed by atoms with Gasteiger partial charge in [-0.3, -0.25) is 9.48 Å². The average molecular weight is 455 g/mol. The molecule has 3 aromatic heterocycles. The molecule has 0 saturated heterocycles. The van der Waals surface area contributed by atoms with E-state index in [-0.39, 0.29) is 29.0 Å². The first-order valence-corrected chi connectivity index (χ1v) is 11.0. The van der Waals surface area contributed by atoms with E-state index in [1.54, 1.807) is 20.9 Å². The van der Waals surface area contributed by atoms with Crippen LogP contribution in [0.15, 0.2) is 52.6 Å². The second-order valence-corrected chi connectivity index (χ2v) is 9.19. The van der Waals surface area contributed by atoms with Gasteiger partial charge in [-0.2, -0.15) is 5.10 Å². The number of aromatic nitrogens is 3. The van der Waals surface area contributed by atoms with Crippen LogP contribution in [-0.2, 0) is 12.5 Å². The molecule has 0 saturated carbocycles. The molecule has 0 spiro atoms. The lowest BCUT2D eigenvalue weighted by molar-refractivity contribution is 0.0622. The first kappa shape index (κ1) is 20.6. The Labute approximate surface area is 187 Å². The second kappa shape index (κ2) is 7.37. The van der Waals surface area contributed by atoms with Crippen molar-refractivity contribution in [3.05, 3.63) is 81.4 Å². The summed E-state index contributed by atoms with van der Waals surface area (Å²) in [6.07, 6.45) is 3.79. The average Bonchev–Trinajstić information content (AvgIpc) is 3.51. The van der Waals surface area contributed by atoms with Gasteiger partial charge in [-0.1, -0.05) is 5.16 Å². The third kappa shape index (κ3) is 3.15. The van der Waals surface area contributed by atoms with Gasteiger partial charge in [0, 0.05) is 47.8 Å². The Morgan fingerprint density at radius 1 is 1.28 bits per heavy atom. The summed E-state index contributed by atoms with van der Waals surface area (Å²) < 4.78 is 34.4. The molecule has 0 unspecified atom stereocenters. The lowest BCUT2D eigenvalue weighted by Crippen LogP contribution is -2.48. The Hall–Kier alpha value is -3.33. The summed E-state index contributed by atoms with van der Waals surface area (Å²) in [5.74, 6) is -1.71. The summed E-state index contributed by atoms with van der Waals surface area (Å²) in [7, 11) is 1.86. The van der Waals surface area contributed by atoms with E-state index in [0.29, 0.717) is 6.54 Å². The molecule has 1 amide bonds. The summed E-state index contributed by atoms with van der Waals surface area (Å²) in [5.41, 5.74) is 1.87. The quantitative estimate of drug-likeness (QED) is 0.440. The zero-order chi connectivity index (χ0) is 22.6. The zero-order valence-electron chi connectivity index (χ0n) is 17.7. The number of aryl methyl sites for hydroxylation is 1. The number of thiophene rings is 1. The lowest BCUT2D eigenvalue weighted by Gasteiger charge is -2.43. The van der Waals surface area contributed by atoms with E-state index in [9.17, 15) is 13.6 Å². The minimum Gasteiger partial charge on any atom is -0.355 e. The van der Waals surface area contributed by atoms with E-state index in [1.807, 2.05) is 31.7 Å². The third-order valence-electron chi connectivity index (χ3n) is 6.15. The van der Waals surface area contributed by atoms with Crippen LogP contribution in [0.4, 0.5) is 8.78 Å². The number of nitrogens with zero attached hydrogens (tertiary/aromatic N) is 4. The molecule has 4 aromatic rings. The van der Waals surface area contributed by atoms with Gasteiger partial charge in [-0.15, -0.1) is 11.3 Å². The standard InChI is InChI=1S/C23H20F2N4O2S/c1-13-21-17(6-7-32-21)23(2,14-10-26-28(3)11-14)12-29(13)22(30)19-9-20(31-27-19)16-5-4-15(24)8-18(16)25/h4-11,13H,12H2,1-3H3/t13-,23+/m0/s1. The Morgan fingerprint density at radius 3 is 2.81 bits per heavy atom. The maximum atomic E-state index is 14.2. The molecule has 0 fully saturated rings. The van der Waals surface area contributed by atoms with Gasteiger partial charge in [-0.25, -0.2) is 8.78 Å². The number of amides is 1. The predicted octanol–water partition coefficient (Wildman–Crippen LogP) is 4.94. The molecule has 5 rings (SSSR count). The monoisotopic (exact) mass is 454 g/mol. The van der Waals surface area contributed by atoms with Crippen LogP contribution in [0.1, 0.15) is 46.4 Å². The third-order valence-corrected chi connectivity index (χ3v) is 7.24. The molecule has 0 radical (unpaired) electrons. The van der Waals surface area contributed by atoms with Crippen molar-refractivity contribution in [1.82, 2.24) is 19.8 Å². The molecule has 2 atom stereocenters. The van der Waals surface area contributed by atoms with E-state index in [4.69, 9.17) is 4.52 Å². The molecule has 164 valence electrons. The number of halogens is 2. The zero-order valence-corrected chi connectivity index (χ0v) is 18.5. The first-order chi connectivity index (χ1) is 15.3. The van der Waals surface area contributed by atoms with Gasteiger partial charge in [0.15, 0.2) is 11.5 Å². The molecule has 1 aromatic carbocycles. The number of hydrogen-bond donors (Lipinski definition) is 0. The molecule has 1 aliphatic heterocycles. The molecule has 4 heterocycles. The fourth-order valence-corrected chi connectivity index (χ4v) is 5.44. The Bertz CT molecular complexity index is 1330.